The lowest BCUT2D eigenvalue weighted by Crippen LogP contribution is -2.31. The Morgan fingerprint density at radius 1 is 1.35 bits per heavy atom. The van der Waals surface area contributed by atoms with Crippen LogP contribution >= 0.6 is 0 Å². The highest BCUT2D eigenvalue weighted by atomic mass is 32.2. The molecule has 1 aliphatic rings. The topological polar surface area (TPSA) is 49.4 Å². The van der Waals surface area contributed by atoms with Gasteiger partial charge in [0.15, 0.2) is 0 Å². The van der Waals surface area contributed by atoms with E-state index in [2.05, 4.69) is 5.32 Å². The number of hydrogen-bond acceptors (Lipinski definition) is 2. The van der Waals surface area contributed by atoms with Gasteiger partial charge >= 0.3 is 6.03 Å². The third kappa shape index (κ3) is 3.03. The van der Waals surface area contributed by atoms with E-state index in [0.717, 1.165) is 0 Å². The fourth-order valence-corrected chi connectivity index (χ4v) is 2.68. The lowest BCUT2D eigenvalue weighted by Gasteiger charge is -2.13. The molecule has 0 bridgehead atoms. The van der Waals surface area contributed by atoms with E-state index >= 15 is 0 Å². The number of amides is 2. The maximum Gasteiger partial charge on any atom is 0.317 e. The predicted octanol–water partition coefficient (Wildman–Crippen LogP) is 0.959. The van der Waals surface area contributed by atoms with Gasteiger partial charge in [-0.1, -0.05) is 0 Å². The van der Waals surface area contributed by atoms with Crippen LogP contribution in [0.3, 0.4) is 0 Å². The first-order valence-electron chi connectivity index (χ1n) is 5.33. The average molecular weight is 256 g/mol. The molecule has 1 aromatic carbocycles. The van der Waals surface area contributed by atoms with Crippen molar-refractivity contribution in [2.75, 3.05) is 25.4 Å². The van der Waals surface area contributed by atoms with Gasteiger partial charge in [0, 0.05) is 30.3 Å². The Labute approximate surface area is 101 Å². The van der Waals surface area contributed by atoms with Gasteiger partial charge in [-0.2, -0.15) is 0 Å². The Kier molecular flexibility index (Phi) is 3.73. The summed E-state index contributed by atoms with van der Waals surface area (Å²) in [6, 6.07) is 5.48. The molecule has 6 heteroatoms. The Morgan fingerprint density at radius 3 is 2.65 bits per heavy atom. The Balaban J connectivity index is 1.89. The predicted molar refractivity (Wildman–Crippen MR) is 62.6 cm³/mol. The molecule has 1 atom stereocenters. The summed E-state index contributed by atoms with van der Waals surface area (Å²) in [6.45, 7) is 1.75. The van der Waals surface area contributed by atoms with Crippen molar-refractivity contribution in [3.05, 3.63) is 30.1 Å². The summed E-state index contributed by atoms with van der Waals surface area (Å²) in [5.74, 6) is 0.0312. The molecule has 0 aromatic heterocycles. The van der Waals surface area contributed by atoms with Crippen molar-refractivity contribution >= 4 is 16.8 Å². The van der Waals surface area contributed by atoms with Gasteiger partial charge in [0.25, 0.3) is 0 Å². The van der Waals surface area contributed by atoms with Gasteiger partial charge in [-0.15, -0.1) is 0 Å². The van der Waals surface area contributed by atoms with Crippen LogP contribution in [0.4, 0.5) is 9.18 Å². The van der Waals surface area contributed by atoms with Crippen LogP contribution in [0.5, 0.6) is 0 Å². The summed E-state index contributed by atoms with van der Waals surface area (Å²) >= 11 is 0. The minimum atomic E-state index is -1.19. The first kappa shape index (κ1) is 12.0. The van der Waals surface area contributed by atoms with E-state index < -0.39 is 10.8 Å². The molecule has 1 N–H and O–H groups in total. The van der Waals surface area contributed by atoms with Crippen LogP contribution in [-0.4, -0.2) is 40.5 Å². The quantitative estimate of drug-likeness (QED) is 0.872. The number of carbonyl (C=O) groups excluding carboxylic acids is 1. The average Bonchev–Trinajstić information content (AvgIpc) is 2.73. The van der Waals surface area contributed by atoms with Gasteiger partial charge in [0.05, 0.1) is 10.8 Å². The van der Waals surface area contributed by atoms with Gasteiger partial charge in [-0.3, -0.25) is 4.21 Å². The molecule has 0 radical (unpaired) electrons. The minimum Gasteiger partial charge on any atom is -0.336 e. The van der Waals surface area contributed by atoms with Crippen molar-refractivity contribution in [3.63, 3.8) is 0 Å². The molecule has 92 valence electrons. The Hall–Kier alpha value is -1.43. The fraction of sp³-hybridized carbons (Fsp3) is 0.364. The standard InChI is InChI=1S/C11H13FN2O2S/c12-9-1-3-10(4-2-9)17(16)8-7-14-6-5-13-11(14)15/h1-4H,5-8H2,(H,13,15). The minimum absolute atomic E-state index is 0.110. The Bertz CT molecular complexity index is 436. The van der Waals surface area contributed by atoms with E-state index in [1.165, 1.54) is 24.3 Å². The molecule has 4 nitrogen and oxygen atoms in total. The van der Waals surface area contributed by atoms with Crippen LogP contribution < -0.4 is 5.32 Å². The largest absolute Gasteiger partial charge is 0.336 e. The van der Waals surface area contributed by atoms with Gasteiger partial charge < -0.3 is 10.2 Å². The van der Waals surface area contributed by atoms with Crippen molar-refractivity contribution in [1.29, 1.82) is 0 Å². The maximum absolute atomic E-state index is 12.7. The summed E-state index contributed by atoms with van der Waals surface area (Å²) in [7, 11) is -1.19. The van der Waals surface area contributed by atoms with Crippen LogP contribution in [0.1, 0.15) is 0 Å². The first-order chi connectivity index (χ1) is 8.16. The van der Waals surface area contributed by atoms with E-state index in [4.69, 9.17) is 0 Å². The molecule has 1 saturated heterocycles. The number of nitrogens with one attached hydrogen (secondary N) is 1. The van der Waals surface area contributed by atoms with Crippen molar-refractivity contribution in [3.8, 4) is 0 Å². The van der Waals surface area contributed by atoms with Crippen LogP contribution in [-0.2, 0) is 10.8 Å². The lowest BCUT2D eigenvalue weighted by molar-refractivity contribution is 0.220. The SMILES string of the molecule is O=C1NCCN1CCS(=O)c1ccc(F)cc1. The highest BCUT2D eigenvalue weighted by Gasteiger charge is 2.19. The zero-order valence-corrected chi connectivity index (χ0v) is 10.0. The number of hydrogen-bond donors (Lipinski definition) is 1. The molecule has 0 saturated carbocycles. The highest BCUT2D eigenvalue weighted by Crippen LogP contribution is 2.08. The van der Waals surface area contributed by atoms with Gasteiger partial charge in [-0.25, -0.2) is 9.18 Å². The zero-order chi connectivity index (χ0) is 12.3. The van der Waals surface area contributed by atoms with E-state index in [9.17, 15) is 13.4 Å². The molecule has 1 aromatic rings. The molecule has 0 aliphatic carbocycles. The van der Waals surface area contributed by atoms with Gasteiger partial charge in [-0.05, 0) is 24.3 Å². The van der Waals surface area contributed by atoms with E-state index in [-0.39, 0.29) is 11.8 Å². The Morgan fingerprint density at radius 2 is 2.06 bits per heavy atom. The monoisotopic (exact) mass is 256 g/mol. The fourth-order valence-electron chi connectivity index (χ4n) is 1.62. The first-order valence-corrected chi connectivity index (χ1v) is 6.65. The molecule has 1 aliphatic heterocycles. The molecule has 1 unspecified atom stereocenters. The normalized spacial score (nSPS) is 17.0. The van der Waals surface area contributed by atoms with Crippen molar-refractivity contribution in [2.24, 2.45) is 0 Å². The molecule has 1 heterocycles. The summed E-state index contributed by atoms with van der Waals surface area (Å²) in [4.78, 5) is 13.4. The number of rotatable bonds is 4. The van der Waals surface area contributed by atoms with Crippen LogP contribution in [0, 0.1) is 5.82 Å². The van der Waals surface area contributed by atoms with E-state index in [0.29, 0.717) is 30.3 Å². The molecule has 2 rings (SSSR count). The van der Waals surface area contributed by atoms with E-state index in [1.54, 1.807) is 4.90 Å². The second-order valence-corrected chi connectivity index (χ2v) is 5.29. The van der Waals surface area contributed by atoms with Crippen molar-refractivity contribution < 1.29 is 13.4 Å². The number of halogens is 1. The molecular formula is C11H13FN2O2S. The van der Waals surface area contributed by atoms with Crippen LogP contribution in [0.2, 0.25) is 0 Å². The van der Waals surface area contributed by atoms with Gasteiger partial charge in [0.1, 0.15) is 5.82 Å². The third-order valence-electron chi connectivity index (χ3n) is 2.57. The summed E-state index contributed by atoms with van der Waals surface area (Å²) < 4.78 is 24.5. The van der Waals surface area contributed by atoms with Crippen LogP contribution in [0.25, 0.3) is 0 Å². The number of nitrogens with zero attached hydrogens (tertiary/aromatic N) is 1. The maximum atomic E-state index is 12.7. The smallest absolute Gasteiger partial charge is 0.317 e. The molecule has 2 amide bonds. The van der Waals surface area contributed by atoms with Crippen molar-refractivity contribution in [2.45, 2.75) is 4.90 Å². The molecule has 0 spiro atoms. The number of carbonyl (C=O) groups is 1. The second kappa shape index (κ2) is 5.27. The molecular weight excluding hydrogens is 243 g/mol. The number of urea groups is 1. The number of benzene rings is 1. The third-order valence-corrected chi connectivity index (χ3v) is 3.92. The molecule has 1 fully saturated rings. The van der Waals surface area contributed by atoms with E-state index in [1.807, 2.05) is 0 Å². The second-order valence-electron chi connectivity index (χ2n) is 3.72. The summed E-state index contributed by atoms with van der Waals surface area (Å²) in [5, 5.41) is 2.68. The molecule has 17 heavy (non-hydrogen) atoms. The zero-order valence-electron chi connectivity index (χ0n) is 9.19. The van der Waals surface area contributed by atoms with Gasteiger partial charge in [0.2, 0.25) is 0 Å². The highest BCUT2D eigenvalue weighted by molar-refractivity contribution is 7.85. The summed E-state index contributed by atoms with van der Waals surface area (Å²) in [5.41, 5.74) is 0. The van der Waals surface area contributed by atoms with Crippen LogP contribution in [0.15, 0.2) is 29.2 Å². The van der Waals surface area contributed by atoms with Crippen molar-refractivity contribution in [1.82, 2.24) is 10.2 Å². The summed E-state index contributed by atoms with van der Waals surface area (Å²) in [6.07, 6.45) is 0. The lowest BCUT2D eigenvalue weighted by atomic mass is 10.4.